The predicted molar refractivity (Wildman–Crippen MR) is 84.3 cm³/mol. The Bertz CT molecular complexity index is 693. The fourth-order valence-corrected chi connectivity index (χ4v) is 3.37. The Kier molecular flexibility index (Phi) is 3.91. The largest absolute Gasteiger partial charge is 0.488 e. The second kappa shape index (κ2) is 5.70. The van der Waals surface area contributed by atoms with E-state index >= 15 is 0 Å². The molecule has 2 heterocycles. The van der Waals surface area contributed by atoms with Crippen LogP contribution in [0.4, 0.5) is 0 Å². The van der Waals surface area contributed by atoms with E-state index in [4.69, 9.17) is 21.1 Å². The van der Waals surface area contributed by atoms with Crippen molar-refractivity contribution >= 4 is 28.7 Å². The zero-order valence-electron chi connectivity index (χ0n) is 11.8. The molecule has 0 bridgehead atoms. The minimum absolute atomic E-state index is 0.0426. The highest BCUT2D eigenvalue weighted by Gasteiger charge is 2.25. The van der Waals surface area contributed by atoms with Gasteiger partial charge in [-0.1, -0.05) is 29.9 Å². The molecule has 1 aromatic heterocycles. The lowest BCUT2D eigenvalue weighted by Crippen LogP contribution is -2.10. The van der Waals surface area contributed by atoms with Gasteiger partial charge in [0.15, 0.2) is 10.8 Å². The molecule has 3 rings (SSSR count). The Morgan fingerprint density at radius 1 is 1.48 bits per heavy atom. The SMILES string of the molecule is CCC1Cc2cc(Oc3ccc(C(C)=O)s3)cc(Cl)c2O1. The van der Waals surface area contributed by atoms with Gasteiger partial charge in [0.05, 0.1) is 9.90 Å². The van der Waals surface area contributed by atoms with E-state index in [0.29, 0.717) is 20.7 Å². The van der Waals surface area contributed by atoms with Crippen molar-refractivity contribution < 1.29 is 14.3 Å². The molecule has 0 amide bonds. The summed E-state index contributed by atoms with van der Waals surface area (Å²) in [6.07, 6.45) is 2.00. The van der Waals surface area contributed by atoms with Crippen molar-refractivity contribution in [2.75, 3.05) is 0 Å². The highest BCUT2D eigenvalue weighted by molar-refractivity contribution is 7.15. The second-order valence-electron chi connectivity index (χ2n) is 5.02. The van der Waals surface area contributed by atoms with Gasteiger partial charge in [0.1, 0.15) is 17.6 Å². The van der Waals surface area contributed by atoms with Gasteiger partial charge in [-0.25, -0.2) is 0 Å². The van der Waals surface area contributed by atoms with Crippen LogP contribution >= 0.6 is 22.9 Å². The first-order valence-electron chi connectivity index (χ1n) is 6.84. The summed E-state index contributed by atoms with van der Waals surface area (Å²) in [5.41, 5.74) is 1.08. The number of rotatable bonds is 4. The molecule has 1 aliphatic rings. The van der Waals surface area contributed by atoms with Gasteiger partial charge in [-0.3, -0.25) is 4.79 Å². The normalized spacial score (nSPS) is 16.4. The molecule has 21 heavy (non-hydrogen) atoms. The number of carbonyl (C=O) groups is 1. The quantitative estimate of drug-likeness (QED) is 0.734. The topological polar surface area (TPSA) is 35.5 Å². The van der Waals surface area contributed by atoms with E-state index in [1.165, 1.54) is 11.3 Å². The minimum Gasteiger partial charge on any atom is -0.488 e. The van der Waals surface area contributed by atoms with Crippen LogP contribution in [0.2, 0.25) is 5.02 Å². The highest BCUT2D eigenvalue weighted by Crippen LogP contribution is 2.41. The maximum atomic E-state index is 11.3. The summed E-state index contributed by atoms with van der Waals surface area (Å²) in [6.45, 7) is 3.64. The molecule has 2 aromatic rings. The smallest absolute Gasteiger partial charge is 0.181 e. The van der Waals surface area contributed by atoms with Crippen molar-refractivity contribution in [3.63, 3.8) is 0 Å². The van der Waals surface area contributed by atoms with Crippen molar-refractivity contribution in [3.05, 3.63) is 39.7 Å². The molecule has 3 nitrogen and oxygen atoms in total. The zero-order valence-corrected chi connectivity index (χ0v) is 13.4. The third kappa shape index (κ3) is 2.92. The average molecular weight is 323 g/mol. The third-order valence-electron chi connectivity index (χ3n) is 3.43. The molecule has 0 spiro atoms. The second-order valence-corrected chi connectivity index (χ2v) is 6.48. The first kappa shape index (κ1) is 14.4. The number of benzene rings is 1. The molecule has 0 radical (unpaired) electrons. The van der Waals surface area contributed by atoms with Crippen LogP contribution in [0.3, 0.4) is 0 Å². The number of ketones is 1. The number of carbonyl (C=O) groups excluding carboxylic acids is 1. The van der Waals surface area contributed by atoms with Crippen molar-refractivity contribution in [1.29, 1.82) is 0 Å². The van der Waals surface area contributed by atoms with E-state index in [9.17, 15) is 4.79 Å². The van der Waals surface area contributed by atoms with Crippen molar-refractivity contribution in [2.24, 2.45) is 0 Å². The fraction of sp³-hybridized carbons (Fsp3) is 0.312. The standard InChI is InChI=1S/C16H15ClO3S/c1-3-11-6-10-7-12(8-13(17)16(10)20-11)19-15-5-4-14(21-15)9(2)18/h4-5,7-8,11H,3,6H2,1-2H3. The molecule has 1 aliphatic heterocycles. The Balaban J connectivity index is 1.84. The summed E-state index contributed by atoms with van der Waals surface area (Å²) < 4.78 is 11.6. The molecule has 0 fully saturated rings. The molecule has 0 saturated heterocycles. The van der Waals surface area contributed by atoms with Crippen LogP contribution in [0.15, 0.2) is 24.3 Å². The van der Waals surface area contributed by atoms with Gasteiger partial charge >= 0.3 is 0 Å². The molecule has 0 aliphatic carbocycles. The monoisotopic (exact) mass is 322 g/mol. The average Bonchev–Trinajstić information content (AvgIpc) is 3.05. The molecule has 1 atom stereocenters. The van der Waals surface area contributed by atoms with Crippen LogP contribution in [0.1, 0.15) is 35.5 Å². The van der Waals surface area contributed by atoms with E-state index in [2.05, 4.69) is 6.92 Å². The Morgan fingerprint density at radius 2 is 2.29 bits per heavy atom. The van der Waals surface area contributed by atoms with Gasteiger partial charge in [0, 0.05) is 18.1 Å². The Hall–Kier alpha value is -1.52. The van der Waals surface area contributed by atoms with Crippen molar-refractivity contribution in [1.82, 2.24) is 0 Å². The van der Waals surface area contributed by atoms with Gasteiger partial charge in [0.2, 0.25) is 0 Å². The Labute approximate surface area is 132 Å². The molecular weight excluding hydrogens is 308 g/mol. The fourth-order valence-electron chi connectivity index (χ4n) is 2.33. The Morgan fingerprint density at radius 3 is 2.95 bits per heavy atom. The maximum absolute atomic E-state index is 11.3. The van der Waals surface area contributed by atoms with Gasteiger partial charge in [-0.15, -0.1) is 0 Å². The summed E-state index contributed by atoms with van der Waals surface area (Å²) in [5.74, 6) is 1.49. The summed E-state index contributed by atoms with van der Waals surface area (Å²) in [7, 11) is 0. The lowest BCUT2D eigenvalue weighted by Gasteiger charge is -2.08. The van der Waals surface area contributed by atoms with Crippen LogP contribution < -0.4 is 9.47 Å². The number of ether oxygens (including phenoxy) is 2. The molecule has 0 N–H and O–H groups in total. The molecular formula is C16H15ClO3S. The van der Waals surface area contributed by atoms with Gasteiger partial charge in [-0.05, 0) is 31.5 Å². The number of halogens is 1. The molecule has 1 unspecified atom stereocenters. The van der Waals surface area contributed by atoms with Crippen LogP contribution in [0.5, 0.6) is 16.6 Å². The van der Waals surface area contributed by atoms with E-state index < -0.39 is 0 Å². The first-order chi connectivity index (χ1) is 10.1. The van der Waals surface area contributed by atoms with Crippen LogP contribution in [0, 0.1) is 0 Å². The summed E-state index contributed by atoms with van der Waals surface area (Å²) in [6, 6.07) is 7.29. The molecule has 1 aromatic carbocycles. The summed E-state index contributed by atoms with van der Waals surface area (Å²) in [5, 5.41) is 1.25. The van der Waals surface area contributed by atoms with E-state index in [1.54, 1.807) is 25.1 Å². The zero-order chi connectivity index (χ0) is 15.0. The summed E-state index contributed by atoms with van der Waals surface area (Å²) in [4.78, 5) is 12.0. The maximum Gasteiger partial charge on any atom is 0.181 e. The van der Waals surface area contributed by atoms with E-state index in [1.807, 2.05) is 6.07 Å². The van der Waals surface area contributed by atoms with Gasteiger partial charge in [0.25, 0.3) is 0 Å². The number of hydrogen-bond acceptors (Lipinski definition) is 4. The summed E-state index contributed by atoms with van der Waals surface area (Å²) >= 11 is 7.60. The lowest BCUT2D eigenvalue weighted by molar-refractivity contribution is 0.102. The van der Waals surface area contributed by atoms with Crippen LogP contribution in [0.25, 0.3) is 0 Å². The lowest BCUT2D eigenvalue weighted by atomic mass is 10.1. The van der Waals surface area contributed by atoms with Crippen LogP contribution in [-0.2, 0) is 6.42 Å². The van der Waals surface area contributed by atoms with Crippen molar-refractivity contribution in [3.8, 4) is 16.6 Å². The number of fused-ring (bicyclic) bond motifs is 1. The first-order valence-corrected chi connectivity index (χ1v) is 8.04. The number of Topliss-reactive ketones (excluding diaryl/α,β-unsaturated/α-hetero) is 1. The predicted octanol–water partition coefficient (Wildman–Crippen LogP) is 5.11. The van der Waals surface area contributed by atoms with Gasteiger partial charge < -0.3 is 9.47 Å². The highest BCUT2D eigenvalue weighted by atomic mass is 35.5. The van der Waals surface area contributed by atoms with Gasteiger partial charge in [-0.2, -0.15) is 0 Å². The molecule has 5 heteroatoms. The van der Waals surface area contributed by atoms with Crippen molar-refractivity contribution in [2.45, 2.75) is 32.8 Å². The number of thiophene rings is 1. The molecule has 110 valence electrons. The van der Waals surface area contributed by atoms with E-state index in [0.717, 1.165) is 24.2 Å². The third-order valence-corrected chi connectivity index (χ3v) is 4.77. The van der Waals surface area contributed by atoms with Crippen LogP contribution in [-0.4, -0.2) is 11.9 Å². The minimum atomic E-state index is 0.0426. The number of hydrogen-bond donors (Lipinski definition) is 0. The van der Waals surface area contributed by atoms with E-state index in [-0.39, 0.29) is 11.9 Å². The molecule has 0 saturated carbocycles.